The maximum atomic E-state index is 12.8. The predicted octanol–water partition coefficient (Wildman–Crippen LogP) is 3.41. The van der Waals surface area contributed by atoms with E-state index >= 15 is 0 Å². The third-order valence-electron chi connectivity index (χ3n) is 3.84. The van der Waals surface area contributed by atoms with Crippen molar-refractivity contribution in [3.63, 3.8) is 0 Å². The van der Waals surface area contributed by atoms with Crippen molar-refractivity contribution in [2.45, 2.75) is 18.7 Å². The van der Waals surface area contributed by atoms with Gasteiger partial charge in [-0.3, -0.25) is 4.72 Å². The van der Waals surface area contributed by atoms with Gasteiger partial charge in [0.15, 0.2) is 0 Å². The summed E-state index contributed by atoms with van der Waals surface area (Å²) < 4.78 is 32.6. The second-order valence-electron chi connectivity index (χ2n) is 5.86. The normalized spacial score (nSPS) is 11.2. The fraction of sp³-hybridized carbons (Fsp3) is 0.167. The van der Waals surface area contributed by atoms with E-state index in [-0.39, 0.29) is 15.6 Å². The third kappa shape index (κ3) is 4.15. The molecule has 0 saturated heterocycles. The van der Waals surface area contributed by atoms with Crippen LogP contribution in [0.25, 0.3) is 10.6 Å². The van der Waals surface area contributed by atoms with Crippen LogP contribution in [-0.2, 0) is 14.8 Å². The monoisotopic (exact) mass is 403 g/mol. The number of ether oxygens (including phenoxy) is 1. The molecule has 7 nitrogen and oxygen atoms in total. The maximum Gasteiger partial charge on any atom is 0.337 e. The quantitative estimate of drug-likeness (QED) is 0.656. The summed E-state index contributed by atoms with van der Waals surface area (Å²) in [4.78, 5) is 11.7. The van der Waals surface area contributed by atoms with Gasteiger partial charge in [-0.15, -0.1) is 10.2 Å². The Morgan fingerprint density at radius 3 is 2.44 bits per heavy atom. The van der Waals surface area contributed by atoms with Crippen LogP contribution in [0.4, 0.5) is 5.13 Å². The number of carbonyl (C=O) groups excluding carboxylic acids is 1. The fourth-order valence-corrected chi connectivity index (χ4v) is 4.63. The molecule has 2 aromatic carbocycles. The zero-order chi connectivity index (χ0) is 19.6. The number of rotatable bonds is 5. The minimum atomic E-state index is -3.93. The molecule has 0 atom stereocenters. The molecule has 0 amide bonds. The zero-order valence-electron chi connectivity index (χ0n) is 14.9. The zero-order valence-corrected chi connectivity index (χ0v) is 16.5. The van der Waals surface area contributed by atoms with E-state index < -0.39 is 16.0 Å². The van der Waals surface area contributed by atoms with E-state index in [0.29, 0.717) is 10.6 Å². The van der Waals surface area contributed by atoms with Crippen LogP contribution >= 0.6 is 11.3 Å². The Labute approximate surface area is 161 Å². The van der Waals surface area contributed by atoms with E-state index in [1.165, 1.54) is 19.2 Å². The van der Waals surface area contributed by atoms with Gasteiger partial charge in [0.25, 0.3) is 10.0 Å². The highest BCUT2D eigenvalue weighted by molar-refractivity contribution is 7.93. The van der Waals surface area contributed by atoms with Crippen LogP contribution in [0.1, 0.15) is 21.5 Å². The highest BCUT2D eigenvalue weighted by Gasteiger charge is 2.21. The van der Waals surface area contributed by atoms with Crippen LogP contribution in [-0.4, -0.2) is 31.7 Å². The summed E-state index contributed by atoms with van der Waals surface area (Å²) in [6, 6.07) is 12.0. The van der Waals surface area contributed by atoms with E-state index in [9.17, 15) is 13.2 Å². The summed E-state index contributed by atoms with van der Waals surface area (Å²) >= 11 is 1.13. The van der Waals surface area contributed by atoms with Crippen molar-refractivity contribution in [2.24, 2.45) is 0 Å². The highest BCUT2D eigenvalue weighted by atomic mass is 32.2. The first-order valence-electron chi connectivity index (χ1n) is 7.92. The Bertz CT molecular complexity index is 1090. The average Bonchev–Trinajstić information content (AvgIpc) is 3.09. The number of benzene rings is 2. The van der Waals surface area contributed by atoms with Crippen LogP contribution in [0.3, 0.4) is 0 Å². The summed E-state index contributed by atoms with van der Waals surface area (Å²) in [5, 5.41) is 8.71. The molecule has 1 aromatic heterocycles. The van der Waals surface area contributed by atoms with Gasteiger partial charge < -0.3 is 4.74 Å². The molecule has 0 unspecified atom stereocenters. The van der Waals surface area contributed by atoms with Gasteiger partial charge in [0.2, 0.25) is 5.13 Å². The molecular formula is C18H17N3O4S2. The van der Waals surface area contributed by atoms with Gasteiger partial charge in [-0.2, -0.15) is 0 Å². The smallest absolute Gasteiger partial charge is 0.337 e. The van der Waals surface area contributed by atoms with Crippen LogP contribution in [0.15, 0.2) is 47.4 Å². The number of nitrogens with one attached hydrogen (secondary N) is 1. The average molecular weight is 403 g/mol. The van der Waals surface area contributed by atoms with Crippen molar-refractivity contribution in [3.8, 4) is 10.6 Å². The number of esters is 1. The molecule has 9 heteroatoms. The first-order chi connectivity index (χ1) is 12.8. The number of hydrogen-bond donors (Lipinski definition) is 1. The Morgan fingerprint density at radius 1 is 1.07 bits per heavy atom. The molecule has 0 aliphatic rings. The number of nitrogens with zero attached hydrogens (tertiary/aromatic N) is 2. The van der Waals surface area contributed by atoms with Gasteiger partial charge in [0.1, 0.15) is 5.01 Å². The molecule has 1 heterocycles. The first-order valence-corrected chi connectivity index (χ1v) is 10.2. The van der Waals surface area contributed by atoms with E-state index in [1.807, 2.05) is 31.2 Å². The van der Waals surface area contributed by atoms with Crippen LogP contribution in [0.2, 0.25) is 0 Å². The van der Waals surface area contributed by atoms with Gasteiger partial charge >= 0.3 is 5.97 Å². The summed E-state index contributed by atoms with van der Waals surface area (Å²) in [6.07, 6.45) is 0. The number of aromatic nitrogens is 2. The third-order valence-corrected chi connectivity index (χ3v) is 6.34. The molecule has 0 aliphatic heterocycles. The number of carbonyl (C=O) groups is 1. The van der Waals surface area contributed by atoms with Crippen LogP contribution in [0, 0.1) is 13.8 Å². The summed E-state index contributed by atoms with van der Waals surface area (Å²) in [5.41, 5.74) is 2.62. The van der Waals surface area contributed by atoms with Gasteiger partial charge in [0, 0.05) is 5.56 Å². The van der Waals surface area contributed by atoms with Crippen molar-refractivity contribution in [1.82, 2.24) is 10.2 Å². The topological polar surface area (TPSA) is 98.2 Å². The first kappa shape index (κ1) is 19.0. The summed E-state index contributed by atoms with van der Waals surface area (Å²) in [5.74, 6) is -0.607. The van der Waals surface area contributed by atoms with Crippen molar-refractivity contribution < 1.29 is 17.9 Å². The largest absolute Gasteiger partial charge is 0.465 e. The molecule has 0 fully saturated rings. The lowest BCUT2D eigenvalue weighted by Gasteiger charge is -2.09. The van der Waals surface area contributed by atoms with E-state index in [1.54, 1.807) is 13.0 Å². The molecule has 0 saturated carbocycles. The van der Waals surface area contributed by atoms with Crippen molar-refractivity contribution in [3.05, 3.63) is 59.2 Å². The Balaban J connectivity index is 1.89. The molecule has 0 aliphatic carbocycles. The lowest BCUT2D eigenvalue weighted by Crippen LogP contribution is -2.15. The van der Waals surface area contributed by atoms with Gasteiger partial charge in [0.05, 0.1) is 17.6 Å². The number of anilines is 1. The summed E-state index contributed by atoms with van der Waals surface area (Å²) in [7, 11) is -2.70. The van der Waals surface area contributed by atoms with E-state index in [4.69, 9.17) is 0 Å². The van der Waals surface area contributed by atoms with E-state index in [2.05, 4.69) is 19.7 Å². The number of sulfonamides is 1. The second-order valence-corrected chi connectivity index (χ2v) is 8.48. The molecule has 1 N–H and O–H groups in total. The molecule has 3 rings (SSSR count). The predicted molar refractivity (Wildman–Crippen MR) is 103 cm³/mol. The van der Waals surface area contributed by atoms with Gasteiger partial charge in [-0.1, -0.05) is 47.2 Å². The van der Waals surface area contributed by atoms with Crippen molar-refractivity contribution in [2.75, 3.05) is 11.8 Å². The van der Waals surface area contributed by atoms with E-state index in [0.717, 1.165) is 22.5 Å². The van der Waals surface area contributed by atoms with Crippen LogP contribution in [0.5, 0.6) is 0 Å². The number of hydrogen-bond acceptors (Lipinski definition) is 7. The minimum absolute atomic E-state index is 0.0162. The Hall–Kier alpha value is -2.78. The molecule has 0 bridgehead atoms. The minimum Gasteiger partial charge on any atom is -0.465 e. The number of methoxy groups -OCH3 is 1. The lowest BCUT2D eigenvalue weighted by atomic mass is 10.1. The van der Waals surface area contributed by atoms with Crippen LogP contribution < -0.4 is 4.72 Å². The fourth-order valence-electron chi connectivity index (χ4n) is 2.38. The SMILES string of the molecule is COC(=O)c1ccc(C)c(S(=O)(=O)Nc2nnc(-c3ccc(C)cc3)s2)c1. The molecular weight excluding hydrogens is 386 g/mol. The summed E-state index contributed by atoms with van der Waals surface area (Å²) in [6.45, 7) is 3.63. The maximum absolute atomic E-state index is 12.8. The Kier molecular flexibility index (Phi) is 5.24. The lowest BCUT2D eigenvalue weighted by molar-refractivity contribution is 0.0600. The molecule has 27 heavy (non-hydrogen) atoms. The molecule has 0 spiro atoms. The Morgan fingerprint density at radius 2 is 1.78 bits per heavy atom. The van der Waals surface area contributed by atoms with Gasteiger partial charge in [-0.25, -0.2) is 13.2 Å². The standard InChI is InChI=1S/C18H17N3O4S2/c1-11-4-7-13(8-5-11)16-19-20-18(26-16)21-27(23,24)15-10-14(17(22)25-3)9-6-12(15)2/h4-10H,1-3H3,(H,20,21). The van der Waals surface area contributed by atoms with Crippen molar-refractivity contribution in [1.29, 1.82) is 0 Å². The molecule has 0 radical (unpaired) electrons. The molecule has 140 valence electrons. The molecule has 3 aromatic rings. The van der Waals surface area contributed by atoms with Crippen molar-refractivity contribution >= 4 is 32.5 Å². The van der Waals surface area contributed by atoms with Gasteiger partial charge in [-0.05, 0) is 31.5 Å². The second kappa shape index (κ2) is 7.45. The number of aryl methyl sites for hydroxylation is 2. The highest BCUT2D eigenvalue weighted by Crippen LogP contribution is 2.28.